The van der Waals surface area contributed by atoms with Crippen LogP contribution in [0.15, 0.2) is 89.5 Å². The van der Waals surface area contributed by atoms with E-state index in [1.807, 2.05) is 12.3 Å². The second kappa shape index (κ2) is 11.5. The topological polar surface area (TPSA) is 46.0 Å². The molecule has 1 N–H and O–H groups in total. The van der Waals surface area contributed by atoms with E-state index in [0.29, 0.717) is 10.8 Å². The van der Waals surface area contributed by atoms with Gasteiger partial charge in [-0.3, -0.25) is 4.78 Å². The third-order valence-corrected chi connectivity index (χ3v) is 12.2. The molecule has 0 atom stereocenters. The smallest absolute Gasteiger partial charge is 0.213 e. The minimum absolute atomic E-state index is 0.311. The van der Waals surface area contributed by atoms with Gasteiger partial charge in [-0.2, -0.15) is 13.3 Å². The zero-order valence-corrected chi connectivity index (χ0v) is 24.1. The molecule has 0 saturated heterocycles. The van der Waals surface area contributed by atoms with E-state index in [2.05, 4.69) is 74.0 Å². The summed E-state index contributed by atoms with van der Waals surface area (Å²) in [6.45, 7) is 8.66. The summed E-state index contributed by atoms with van der Waals surface area (Å²) in [4.78, 5) is 4.16. The average molecular weight is 535 g/mol. The summed E-state index contributed by atoms with van der Waals surface area (Å²) >= 11 is 0. The molecule has 204 valence electrons. The second-order valence-electron chi connectivity index (χ2n) is 11.3. The largest absolute Gasteiger partial charge is 0.483 e. The van der Waals surface area contributed by atoms with Crippen molar-refractivity contribution < 1.29 is 9.13 Å². The molecule has 2 aromatic rings. The second-order valence-corrected chi connectivity index (χ2v) is 16.3. The standard InChI is InChI=1S/C33H43FN2OS/c1-5-23-38(4,35,32-18-10-17-31(34)36-32)24-11-12-27(3)33(21-22-33)37-30-25-26(2)19-20-29(30)16-9-15-28-13-7-6-8-14-28/h6-7,9-10,13,15,17-20,25,35H,3,5,8,11-12,14,16,21-24H2,1-2,4H3/b15-9-. The van der Waals surface area contributed by atoms with Gasteiger partial charge in [-0.25, -0.2) is 4.98 Å². The van der Waals surface area contributed by atoms with E-state index < -0.39 is 14.9 Å². The molecule has 3 nitrogen and oxygen atoms in total. The van der Waals surface area contributed by atoms with E-state index >= 15 is 0 Å². The molecule has 1 aromatic heterocycles. The average Bonchev–Trinajstić information content (AvgIpc) is 3.67. The van der Waals surface area contributed by atoms with Gasteiger partial charge in [0.2, 0.25) is 5.95 Å². The van der Waals surface area contributed by atoms with E-state index in [1.54, 1.807) is 6.07 Å². The summed E-state index contributed by atoms with van der Waals surface area (Å²) in [5, 5.41) is 0.615. The fourth-order valence-corrected chi connectivity index (χ4v) is 8.85. The number of ether oxygens (including phenoxy) is 1. The normalized spacial score (nSPS) is 17.6. The zero-order valence-electron chi connectivity index (χ0n) is 23.3. The van der Waals surface area contributed by atoms with Gasteiger partial charge in [0, 0.05) is 0 Å². The number of allylic oxidation sites excluding steroid dienone is 6. The molecule has 38 heavy (non-hydrogen) atoms. The molecule has 0 bridgehead atoms. The van der Waals surface area contributed by atoms with Crippen LogP contribution in [0.4, 0.5) is 4.39 Å². The summed E-state index contributed by atoms with van der Waals surface area (Å²) in [5.74, 6) is 1.88. The molecule has 0 radical (unpaired) electrons. The summed E-state index contributed by atoms with van der Waals surface area (Å²) in [5.41, 5.74) is 4.55. The Balaban J connectivity index is 1.42. The number of nitrogens with zero attached hydrogens (tertiary/aromatic N) is 1. The van der Waals surface area contributed by atoms with E-state index in [0.717, 1.165) is 68.4 Å². The lowest BCUT2D eigenvalue weighted by Gasteiger charge is -2.42. The summed E-state index contributed by atoms with van der Waals surface area (Å²) in [6, 6.07) is 11.4. The third kappa shape index (κ3) is 6.79. The van der Waals surface area contributed by atoms with Crippen LogP contribution in [0.5, 0.6) is 5.75 Å². The first-order chi connectivity index (χ1) is 18.1. The number of pyridine rings is 1. The highest BCUT2D eigenvalue weighted by Gasteiger charge is 2.48. The van der Waals surface area contributed by atoms with Crippen LogP contribution in [0.3, 0.4) is 0 Å². The van der Waals surface area contributed by atoms with Crippen molar-refractivity contribution in [1.29, 1.82) is 4.78 Å². The Bertz CT molecular complexity index is 1330. The molecule has 0 amide bonds. The molecular formula is C33H43FN2OS. The van der Waals surface area contributed by atoms with Crippen LogP contribution in [0.2, 0.25) is 0 Å². The SMILES string of the molecule is C=C(CCCS(C)(=N)(CCC)c1cccc(F)n1)C1(Oc2cc(C)ccc2C/C=C\C2=CC=CCC2)CC1. The highest BCUT2D eigenvalue weighted by molar-refractivity contribution is 8.20. The van der Waals surface area contributed by atoms with Crippen molar-refractivity contribution in [3.05, 3.63) is 102 Å². The molecule has 2 aliphatic carbocycles. The first-order valence-electron chi connectivity index (χ1n) is 13.9. The number of halogens is 1. The van der Waals surface area contributed by atoms with Crippen LogP contribution in [-0.2, 0) is 15.4 Å². The lowest BCUT2D eigenvalue weighted by Crippen LogP contribution is -2.38. The molecule has 1 aromatic carbocycles. The number of hydrogen-bond donors (Lipinski definition) is 1. The molecule has 0 spiro atoms. The van der Waals surface area contributed by atoms with Crippen LogP contribution in [-0.4, -0.2) is 28.3 Å². The fraction of sp³-hybridized carbons (Fsp3) is 0.424. The van der Waals surface area contributed by atoms with Crippen LogP contribution >= 0.6 is 0 Å². The Morgan fingerprint density at radius 3 is 2.74 bits per heavy atom. The van der Waals surface area contributed by atoms with E-state index in [-0.39, 0.29) is 5.60 Å². The summed E-state index contributed by atoms with van der Waals surface area (Å²) in [7, 11) is -2.78. The third-order valence-electron chi connectivity index (χ3n) is 7.82. The van der Waals surface area contributed by atoms with E-state index in [4.69, 9.17) is 4.74 Å². The van der Waals surface area contributed by atoms with Gasteiger partial charge in [0.1, 0.15) is 11.4 Å². The van der Waals surface area contributed by atoms with Crippen molar-refractivity contribution in [2.24, 2.45) is 0 Å². The van der Waals surface area contributed by atoms with E-state index in [9.17, 15) is 9.17 Å². The Morgan fingerprint density at radius 2 is 2.05 bits per heavy atom. The molecular weight excluding hydrogens is 491 g/mol. The van der Waals surface area contributed by atoms with Crippen molar-refractivity contribution in [1.82, 2.24) is 4.98 Å². The van der Waals surface area contributed by atoms with Crippen molar-refractivity contribution in [2.75, 3.05) is 17.8 Å². The van der Waals surface area contributed by atoms with Gasteiger partial charge >= 0.3 is 0 Å². The minimum Gasteiger partial charge on any atom is -0.483 e. The number of benzene rings is 1. The minimum atomic E-state index is -2.78. The van der Waals surface area contributed by atoms with Crippen LogP contribution in [0, 0.1) is 17.7 Å². The summed E-state index contributed by atoms with van der Waals surface area (Å²) < 4.78 is 30.2. The molecule has 1 fully saturated rings. The lowest BCUT2D eigenvalue weighted by atomic mass is 10.0. The Hall–Kier alpha value is -2.79. The molecule has 2 aliphatic rings. The quantitative estimate of drug-likeness (QED) is 0.206. The van der Waals surface area contributed by atoms with Crippen molar-refractivity contribution in [3.63, 3.8) is 0 Å². The van der Waals surface area contributed by atoms with Gasteiger partial charge < -0.3 is 4.74 Å². The number of nitrogens with one attached hydrogen (secondary N) is 1. The van der Waals surface area contributed by atoms with Crippen LogP contribution in [0.25, 0.3) is 0 Å². The molecule has 1 saturated carbocycles. The van der Waals surface area contributed by atoms with Gasteiger partial charge in [-0.15, -0.1) is 0 Å². The first kappa shape index (κ1) is 28.2. The molecule has 0 unspecified atom stereocenters. The maximum Gasteiger partial charge on any atom is 0.213 e. The molecule has 1 heterocycles. The molecule has 5 heteroatoms. The zero-order chi connectivity index (χ0) is 27.3. The highest BCUT2D eigenvalue weighted by Crippen LogP contribution is 2.48. The predicted octanol–water partition coefficient (Wildman–Crippen LogP) is 8.70. The number of hydrogen-bond acceptors (Lipinski definition) is 3. The van der Waals surface area contributed by atoms with Crippen molar-refractivity contribution in [2.45, 2.75) is 75.8 Å². The fourth-order valence-electron chi connectivity index (χ4n) is 5.36. The monoisotopic (exact) mass is 534 g/mol. The van der Waals surface area contributed by atoms with Crippen molar-refractivity contribution in [3.8, 4) is 5.75 Å². The first-order valence-corrected chi connectivity index (χ1v) is 16.7. The molecule has 4 rings (SSSR count). The molecule has 0 aliphatic heterocycles. The van der Waals surface area contributed by atoms with E-state index in [1.165, 1.54) is 22.8 Å². The maximum absolute atomic E-state index is 13.9. The number of aryl methyl sites for hydroxylation is 1. The van der Waals surface area contributed by atoms with Gasteiger partial charge in [0.25, 0.3) is 0 Å². The Morgan fingerprint density at radius 1 is 1.24 bits per heavy atom. The lowest BCUT2D eigenvalue weighted by molar-refractivity contribution is 0.211. The maximum atomic E-state index is 13.9. The highest BCUT2D eigenvalue weighted by atomic mass is 32.3. The van der Waals surface area contributed by atoms with Gasteiger partial charge in [0.15, 0.2) is 0 Å². The van der Waals surface area contributed by atoms with Crippen LogP contribution in [0.1, 0.15) is 63.0 Å². The Labute approximate surface area is 228 Å². The van der Waals surface area contributed by atoms with Crippen molar-refractivity contribution >= 4 is 8.96 Å². The number of aromatic nitrogens is 1. The summed E-state index contributed by atoms with van der Waals surface area (Å²) in [6.07, 6.45) is 20.5. The Kier molecular flexibility index (Phi) is 8.56. The van der Waals surface area contributed by atoms with Gasteiger partial charge in [-0.1, -0.05) is 62.1 Å². The van der Waals surface area contributed by atoms with Gasteiger partial charge in [-0.05, 0) is 117 Å². The number of rotatable bonds is 13. The van der Waals surface area contributed by atoms with Crippen LogP contribution < -0.4 is 4.74 Å². The van der Waals surface area contributed by atoms with Gasteiger partial charge in [0.05, 0.1) is 5.03 Å². The predicted molar refractivity (Wildman–Crippen MR) is 160 cm³/mol.